The molecule has 0 saturated carbocycles. The number of carbonyl (C=O) groups excluding carboxylic acids is 2. The number of aliphatic hydroxyl groups excluding tert-OH is 1. The molecule has 1 aromatic heterocycles. The van der Waals surface area contributed by atoms with E-state index in [2.05, 4.69) is 20.6 Å². The quantitative estimate of drug-likeness (QED) is 0.426. The molecule has 0 unspecified atom stereocenters. The maximum atomic E-state index is 12.4. The Balaban J connectivity index is 1.88. The molecular weight excluding hydrogens is 422 g/mol. The van der Waals surface area contributed by atoms with Crippen molar-refractivity contribution in [1.82, 2.24) is 14.9 Å². The molecule has 0 aliphatic rings. The standard InChI is InChI=1S/C24H27N5O4/c1-4-33-23(32)19-14-25-24(26-18-12-10-17(11-13-18)22(31)29(2)3)28-21(19)27-20(15-30)16-8-6-5-7-9-16/h5-14,20,30H,4,15H2,1-3H3,(H2,25,26,27,28)/t20-/m1/s1. The highest BCUT2D eigenvalue weighted by molar-refractivity contribution is 5.95. The fraction of sp³-hybridized carbons (Fsp3) is 0.250. The molecule has 3 rings (SSSR count). The summed E-state index contributed by atoms with van der Waals surface area (Å²) in [6, 6.07) is 15.8. The molecule has 0 radical (unpaired) electrons. The molecule has 3 aromatic rings. The summed E-state index contributed by atoms with van der Waals surface area (Å²) < 4.78 is 5.12. The van der Waals surface area contributed by atoms with Gasteiger partial charge in [-0.05, 0) is 36.8 Å². The first-order chi connectivity index (χ1) is 15.9. The Morgan fingerprint density at radius 1 is 1.09 bits per heavy atom. The lowest BCUT2D eigenvalue weighted by atomic mass is 10.1. The van der Waals surface area contributed by atoms with Crippen molar-refractivity contribution in [3.05, 3.63) is 77.5 Å². The van der Waals surface area contributed by atoms with Crippen LogP contribution < -0.4 is 10.6 Å². The van der Waals surface area contributed by atoms with Gasteiger partial charge in [0.2, 0.25) is 5.95 Å². The topological polar surface area (TPSA) is 117 Å². The molecule has 0 fully saturated rings. The number of hydrogen-bond acceptors (Lipinski definition) is 8. The highest BCUT2D eigenvalue weighted by atomic mass is 16.5. The fourth-order valence-electron chi connectivity index (χ4n) is 3.08. The van der Waals surface area contributed by atoms with E-state index in [9.17, 15) is 14.7 Å². The van der Waals surface area contributed by atoms with Crippen molar-refractivity contribution in [2.24, 2.45) is 0 Å². The summed E-state index contributed by atoms with van der Waals surface area (Å²) in [7, 11) is 3.38. The van der Waals surface area contributed by atoms with Gasteiger partial charge in [-0.2, -0.15) is 4.98 Å². The lowest BCUT2D eigenvalue weighted by Crippen LogP contribution is -2.21. The number of aromatic nitrogens is 2. The van der Waals surface area contributed by atoms with Crippen LogP contribution in [0.1, 0.15) is 39.2 Å². The number of anilines is 3. The average Bonchev–Trinajstić information content (AvgIpc) is 2.83. The van der Waals surface area contributed by atoms with Crippen molar-refractivity contribution in [1.29, 1.82) is 0 Å². The van der Waals surface area contributed by atoms with E-state index < -0.39 is 12.0 Å². The molecule has 0 aliphatic carbocycles. The minimum absolute atomic E-state index is 0.0981. The molecule has 1 amide bonds. The summed E-state index contributed by atoms with van der Waals surface area (Å²) in [5.41, 5.74) is 2.22. The van der Waals surface area contributed by atoms with Gasteiger partial charge in [-0.1, -0.05) is 30.3 Å². The van der Waals surface area contributed by atoms with Gasteiger partial charge in [0.05, 0.1) is 19.3 Å². The lowest BCUT2D eigenvalue weighted by molar-refractivity contribution is 0.0526. The van der Waals surface area contributed by atoms with Gasteiger partial charge in [0.25, 0.3) is 5.91 Å². The van der Waals surface area contributed by atoms with E-state index in [-0.39, 0.29) is 36.5 Å². The number of amides is 1. The van der Waals surface area contributed by atoms with Gasteiger partial charge in [-0.25, -0.2) is 9.78 Å². The Morgan fingerprint density at radius 3 is 2.39 bits per heavy atom. The maximum Gasteiger partial charge on any atom is 0.343 e. The molecule has 9 nitrogen and oxygen atoms in total. The van der Waals surface area contributed by atoms with Crippen molar-refractivity contribution >= 4 is 29.3 Å². The zero-order valence-corrected chi connectivity index (χ0v) is 18.8. The van der Waals surface area contributed by atoms with Gasteiger partial charge in [0.1, 0.15) is 11.4 Å². The number of nitrogens with zero attached hydrogens (tertiary/aromatic N) is 3. The van der Waals surface area contributed by atoms with Gasteiger partial charge in [0, 0.05) is 31.5 Å². The Labute approximate surface area is 192 Å². The third kappa shape index (κ3) is 6.05. The second kappa shape index (κ2) is 11.1. The van der Waals surface area contributed by atoms with Crippen molar-refractivity contribution in [2.75, 3.05) is 37.9 Å². The molecule has 2 aromatic carbocycles. The second-order valence-corrected chi connectivity index (χ2v) is 7.37. The third-order valence-electron chi connectivity index (χ3n) is 4.77. The minimum atomic E-state index is -0.567. The zero-order chi connectivity index (χ0) is 23.8. The molecule has 3 N–H and O–H groups in total. The Morgan fingerprint density at radius 2 is 1.79 bits per heavy atom. The summed E-state index contributed by atoms with van der Waals surface area (Å²) in [5, 5.41) is 16.1. The molecule has 0 saturated heterocycles. The number of esters is 1. The molecule has 1 atom stereocenters. The van der Waals surface area contributed by atoms with E-state index in [1.807, 2.05) is 30.3 Å². The van der Waals surface area contributed by atoms with E-state index in [0.29, 0.717) is 11.3 Å². The highest BCUT2D eigenvalue weighted by Gasteiger charge is 2.20. The van der Waals surface area contributed by atoms with E-state index in [1.165, 1.54) is 11.1 Å². The van der Waals surface area contributed by atoms with E-state index in [4.69, 9.17) is 4.74 Å². The molecule has 172 valence electrons. The Hall–Kier alpha value is -3.98. The van der Waals surface area contributed by atoms with Gasteiger partial charge < -0.3 is 25.4 Å². The van der Waals surface area contributed by atoms with Crippen LogP contribution in [0.5, 0.6) is 0 Å². The number of hydrogen-bond donors (Lipinski definition) is 3. The number of ether oxygens (including phenoxy) is 1. The highest BCUT2D eigenvalue weighted by Crippen LogP contribution is 2.24. The van der Waals surface area contributed by atoms with Crippen LogP contribution in [0.15, 0.2) is 60.8 Å². The van der Waals surface area contributed by atoms with E-state index >= 15 is 0 Å². The number of aliphatic hydroxyl groups is 1. The molecular formula is C24H27N5O4. The summed E-state index contributed by atoms with van der Waals surface area (Å²) in [6.07, 6.45) is 1.37. The summed E-state index contributed by atoms with van der Waals surface area (Å²) in [4.78, 5) is 34.7. The third-order valence-corrected chi connectivity index (χ3v) is 4.77. The molecule has 33 heavy (non-hydrogen) atoms. The van der Waals surface area contributed by atoms with Crippen LogP contribution in [0.25, 0.3) is 0 Å². The predicted octanol–water partition coefficient (Wildman–Crippen LogP) is 3.24. The van der Waals surface area contributed by atoms with Gasteiger partial charge in [0.15, 0.2) is 0 Å². The summed E-state index contributed by atoms with van der Waals surface area (Å²) >= 11 is 0. The number of rotatable bonds is 9. The Bertz CT molecular complexity index is 1090. The largest absolute Gasteiger partial charge is 0.462 e. The van der Waals surface area contributed by atoms with E-state index in [0.717, 1.165) is 5.56 Å². The van der Waals surface area contributed by atoms with Crippen LogP contribution in [0.3, 0.4) is 0 Å². The van der Waals surface area contributed by atoms with Crippen molar-refractivity contribution in [3.63, 3.8) is 0 Å². The molecule has 1 heterocycles. The normalized spacial score (nSPS) is 11.4. The molecule has 9 heteroatoms. The van der Waals surface area contributed by atoms with Crippen LogP contribution in [0.4, 0.5) is 17.5 Å². The van der Waals surface area contributed by atoms with Crippen LogP contribution in [-0.4, -0.2) is 59.2 Å². The molecule has 0 bridgehead atoms. The van der Waals surface area contributed by atoms with Crippen molar-refractivity contribution < 1.29 is 19.4 Å². The molecule has 0 spiro atoms. The maximum absolute atomic E-state index is 12.4. The zero-order valence-electron chi connectivity index (χ0n) is 18.8. The first-order valence-corrected chi connectivity index (χ1v) is 10.5. The smallest absolute Gasteiger partial charge is 0.343 e. The van der Waals surface area contributed by atoms with Gasteiger partial charge >= 0.3 is 5.97 Å². The van der Waals surface area contributed by atoms with Crippen LogP contribution in [0, 0.1) is 0 Å². The van der Waals surface area contributed by atoms with Crippen molar-refractivity contribution in [3.8, 4) is 0 Å². The lowest BCUT2D eigenvalue weighted by Gasteiger charge is -2.19. The minimum Gasteiger partial charge on any atom is -0.462 e. The number of benzene rings is 2. The van der Waals surface area contributed by atoms with Gasteiger partial charge in [-0.3, -0.25) is 4.79 Å². The van der Waals surface area contributed by atoms with Gasteiger partial charge in [-0.15, -0.1) is 0 Å². The average molecular weight is 450 g/mol. The monoisotopic (exact) mass is 449 g/mol. The van der Waals surface area contributed by atoms with Crippen LogP contribution in [0.2, 0.25) is 0 Å². The number of nitrogens with one attached hydrogen (secondary N) is 2. The summed E-state index contributed by atoms with van der Waals surface area (Å²) in [5.74, 6) is -0.197. The second-order valence-electron chi connectivity index (χ2n) is 7.37. The fourth-order valence-corrected chi connectivity index (χ4v) is 3.08. The molecule has 0 aliphatic heterocycles. The first kappa shape index (κ1) is 23.7. The van der Waals surface area contributed by atoms with Crippen LogP contribution in [-0.2, 0) is 4.74 Å². The van der Waals surface area contributed by atoms with E-state index in [1.54, 1.807) is 45.3 Å². The Kier molecular flexibility index (Phi) is 7.93. The van der Waals surface area contributed by atoms with Crippen LogP contribution >= 0.6 is 0 Å². The first-order valence-electron chi connectivity index (χ1n) is 10.5. The SMILES string of the molecule is CCOC(=O)c1cnc(Nc2ccc(C(=O)N(C)C)cc2)nc1N[C@H](CO)c1ccccc1. The predicted molar refractivity (Wildman–Crippen MR) is 126 cm³/mol. The number of carbonyl (C=O) groups is 2. The van der Waals surface area contributed by atoms with Crippen molar-refractivity contribution in [2.45, 2.75) is 13.0 Å². The summed E-state index contributed by atoms with van der Waals surface area (Å²) in [6.45, 7) is 1.71.